The van der Waals surface area contributed by atoms with E-state index < -0.39 is 0 Å². The van der Waals surface area contributed by atoms with E-state index in [-0.39, 0.29) is 29.5 Å². The molecule has 1 aromatic rings. The van der Waals surface area contributed by atoms with E-state index >= 15 is 0 Å². The Kier molecular flexibility index (Phi) is 2.70. The van der Waals surface area contributed by atoms with Crippen LogP contribution in [0.5, 0.6) is 11.5 Å². The molecule has 0 bridgehead atoms. The Bertz CT molecular complexity index is 414. The zero-order valence-corrected chi connectivity index (χ0v) is 8.68. The SMILES string of the molecule is NC1CC(NC(=O)c2ccc(O)c(O)c2)C1. The molecule has 5 heteroatoms. The predicted octanol–water partition coefficient (Wildman–Crippen LogP) is 0.317. The summed E-state index contributed by atoms with van der Waals surface area (Å²) in [7, 11) is 0. The van der Waals surface area contributed by atoms with E-state index in [2.05, 4.69) is 5.32 Å². The lowest BCUT2D eigenvalue weighted by Crippen LogP contribution is -2.50. The normalized spacial score (nSPS) is 23.6. The van der Waals surface area contributed by atoms with E-state index in [1.807, 2.05) is 0 Å². The number of carbonyl (C=O) groups excluding carboxylic acids is 1. The summed E-state index contributed by atoms with van der Waals surface area (Å²) in [6, 6.07) is 4.29. The van der Waals surface area contributed by atoms with Crippen LogP contribution in [0.4, 0.5) is 0 Å². The summed E-state index contributed by atoms with van der Waals surface area (Å²) in [4.78, 5) is 11.7. The summed E-state index contributed by atoms with van der Waals surface area (Å²) < 4.78 is 0. The van der Waals surface area contributed by atoms with Crippen molar-refractivity contribution in [2.75, 3.05) is 0 Å². The molecule has 1 amide bonds. The van der Waals surface area contributed by atoms with Crippen molar-refractivity contribution in [3.8, 4) is 11.5 Å². The van der Waals surface area contributed by atoms with Gasteiger partial charge in [0.05, 0.1) is 0 Å². The lowest BCUT2D eigenvalue weighted by atomic mass is 9.87. The van der Waals surface area contributed by atoms with Crippen LogP contribution in [0, 0.1) is 0 Å². The van der Waals surface area contributed by atoms with E-state index in [4.69, 9.17) is 10.8 Å². The summed E-state index contributed by atoms with van der Waals surface area (Å²) in [6.45, 7) is 0. The first-order valence-corrected chi connectivity index (χ1v) is 5.14. The van der Waals surface area contributed by atoms with Gasteiger partial charge in [0.2, 0.25) is 0 Å². The van der Waals surface area contributed by atoms with Gasteiger partial charge in [-0.3, -0.25) is 4.79 Å². The lowest BCUT2D eigenvalue weighted by Gasteiger charge is -2.32. The number of aromatic hydroxyl groups is 2. The first-order valence-electron chi connectivity index (χ1n) is 5.14. The fourth-order valence-electron chi connectivity index (χ4n) is 1.71. The van der Waals surface area contributed by atoms with Gasteiger partial charge in [-0.2, -0.15) is 0 Å². The number of hydrogen-bond donors (Lipinski definition) is 4. The number of amides is 1. The van der Waals surface area contributed by atoms with Crippen LogP contribution < -0.4 is 11.1 Å². The molecular formula is C11H14N2O3. The van der Waals surface area contributed by atoms with Gasteiger partial charge in [-0.1, -0.05) is 0 Å². The summed E-state index contributed by atoms with van der Waals surface area (Å²) in [5, 5.41) is 21.1. The second kappa shape index (κ2) is 4.02. The third kappa shape index (κ3) is 2.09. The number of phenolic OH excluding ortho intramolecular Hbond substituents is 2. The van der Waals surface area contributed by atoms with Crippen LogP contribution >= 0.6 is 0 Å². The van der Waals surface area contributed by atoms with Gasteiger partial charge in [-0.25, -0.2) is 0 Å². The number of nitrogens with two attached hydrogens (primary N) is 1. The molecule has 0 radical (unpaired) electrons. The van der Waals surface area contributed by atoms with Crippen LogP contribution in [0.15, 0.2) is 18.2 Å². The van der Waals surface area contributed by atoms with Crippen molar-refractivity contribution in [3.05, 3.63) is 23.8 Å². The molecule has 0 atom stereocenters. The molecule has 0 spiro atoms. The Labute approximate surface area is 92.9 Å². The fraction of sp³-hybridized carbons (Fsp3) is 0.364. The Morgan fingerprint density at radius 3 is 2.56 bits per heavy atom. The maximum absolute atomic E-state index is 11.7. The molecule has 1 fully saturated rings. The molecule has 1 aliphatic carbocycles. The highest BCUT2D eigenvalue weighted by molar-refractivity contribution is 5.95. The van der Waals surface area contributed by atoms with Crippen molar-refractivity contribution in [1.82, 2.24) is 5.32 Å². The first kappa shape index (κ1) is 10.8. The number of nitrogens with one attached hydrogen (secondary N) is 1. The van der Waals surface area contributed by atoms with Crippen molar-refractivity contribution >= 4 is 5.91 Å². The van der Waals surface area contributed by atoms with Crippen molar-refractivity contribution in [1.29, 1.82) is 0 Å². The van der Waals surface area contributed by atoms with Crippen molar-refractivity contribution in [2.45, 2.75) is 24.9 Å². The first-order chi connectivity index (χ1) is 7.56. The molecule has 86 valence electrons. The van der Waals surface area contributed by atoms with Gasteiger partial charge in [0, 0.05) is 17.6 Å². The Balaban J connectivity index is 2.01. The topological polar surface area (TPSA) is 95.6 Å². The summed E-state index contributed by atoms with van der Waals surface area (Å²) in [5.41, 5.74) is 5.93. The maximum atomic E-state index is 11.7. The number of rotatable bonds is 2. The number of carbonyl (C=O) groups is 1. The monoisotopic (exact) mass is 222 g/mol. The molecular weight excluding hydrogens is 208 g/mol. The van der Waals surface area contributed by atoms with Crippen LogP contribution in [-0.4, -0.2) is 28.2 Å². The fourth-order valence-corrected chi connectivity index (χ4v) is 1.71. The van der Waals surface area contributed by atoms with Gasteiger partial charge in [0.1, 0.15) is 0 Å². The molecule has 1 aromatic carbocycles. The summed E-state index contributed by atoms with van der Waals surface area (Å²) in [6.07, 6.45) is 1.58. The highest BCUT2D eigenvalue weighted by Crippen LogP contribution is 2.25. The standard InChI is InChI=1S/C11H14N2O3/c12-7-4-8(5-7)13-11(16)6-1-2-9(14)10(15)3-6/h1-3,7-8,14-15H,4-5,12H2,(H,13,16). The molecule has 0 unspecified atom stereocenters. The molecule has 0 aliphatic heterocycles. The third-order valence-electron chi connectivity index (χ3n) is 2.75. The average molecular weight is 222 g/mol. The molecule has 1 aliphatic rings. The van der Waals surface area contributed by atoms with Crippen molar-refractivity contribution < 1.29 is 15.0 Å². The van der Waals surface area contributed by atoms with E-state index in [1.165, 1.54) is 18.2 Å². The van der Waals surface area contributed by atoms with Gasteiger partial charge in [0.15, 0.2) is 11.5 Å². The van der Waals surface area contributed by atoms with Crippen LogP contribution in [-0.2, 0) is 0 Å². The highest BCUT2D eigenvalue weighted by Gasteiger charge is 2.27. The number of hydrogen-bond acceptors (Lipinski definition) is 4. The largest absolute Gasteiger partial charge is 0.504 e. The van der Waals surface area contributed by atoms with Crippen molar-refractivity contribution in [2.24, 2.45) is 5.73 Å². The Morgan fingerprint density at radius 2 is 2.00 bits per heavy atom. The van der Waals surface area contributed by atoms with Gasteiger partial charge in [-0.05, 0) is 31.0 Å². The Hall–Kier alpha value is -1.75. The molecule has 0 heterocycles. The van der Waals surface area contributed by atoms with Gasteiger partial charge < -0.3 is 21.3 Å². The molecule has 5 nitrogen and oxygen atoms in total. The lowest BCUT2D eigenvalue weighted by molar-refractivity contribution is 0.0910. The third-order valence-corrected chi connectivity index (χ3v) is 2.75. The Morgan fingerprint density at radius 1 is 1.31 bits per heavy atom. The van der Waals surface area contributed by atoms with Crippen LogP contribution in [0.3, 0.4) is 0 Å². The predicted molar refractivity (Wildman–Crippen MR) is 58.2 cm³/mol. The van der Waals surface area contributed by atoms with Gasteiger partial charge in [-0.15, -0.1) is 0 Å². The van der Waals surface area contributed by atoms with Gasteiger partial charge in [0.25, 0.3) is 5.91 Å². The molecule has 0 aromatic heterocycles. The minimum absolute atomic E-state index is 0.124. The smallest absolute Gasteiger partial charge is 0.251 e. The van der Waals surface area contributed by atoms with Crippen LogP contribution in [0.25, 0.3) is 0 Å². The molecule has 2 rings (SSSR count). The molecule has 5 N–H and O–H groups in total. The van der Waals surface area contributed by atoms with Gasteiger partial charge >= 0.3 is 0 Å². The molecule has 16 heavy (non-hydrogen) atoms. The second-order valence-electron chi connectivity index (χ2n) is 4.11. The molecule has 1 saturated carbocycles. The zero-order valence-electron chi connectivity index (χ0n) is 8.68. The number of benzene rings is 1. The summed E-state index contributed by atoms with van der Waals surface area (Å²) >= 11 is 0. The quantitative estimate of drug-likeness (QED) is 0.542. The maximum Gasteiger partial charge on any atom is 0.251 e. The zero-order chi connectivity index (χ0) is 11.7. The average Bonchev–Trinajstić information content (AvgIpc) is 2.19. The van der Waals surface area contributed by atoms with Crippen LogP contribution in [0.2, 0.25) is 0 Å². The summed E-state index contributed by atoms with van der Waals surface area (Å²) in [5.74, 6) is -0.785. The van der Waals surface area contributed by atoms with Crippen molar-refractivity contribution in [3.63, 3.8) is 0 Å². The van der Waals surface area contributed by atoms with E-state index in [0.29, 0.717) is 5.56 Å². The van der Waals surface area contributed by atoms with Crippen LogP contribution in [0.1, 0.15) is 23.2 Å². The minimum Gasteiger partial charge on any atom is -0.504 e. The van der Waals surface area contributed by atoms with E-state index in [9.17, 15) is 9.90 Å². The molecule has 0 saturated heterocycles. The second-order valence-corrected chi connectivity index (χ2v) is 4.11. The minimum atomic E-state index is -0.294. The number of phenols is 2. The van der Waals surface area contributed by atoms with E-state index in [0.717, 1.165) is 12.8 Å². The van der Waals surface area contributed by atoms with E-state index in [1.54, 1.807) is 0 Å². The highest BCUT2D eigenvalue weighted by atomic mass is 16.3.